The number of nitrogens with zero attached hydrogens (tertiary/aromatic N) is 2. The van der Waals surface area contributed by atoms with E-state index in [2.05, 4.69) is 17.0 Å². The lowest BCUT2D eigenvalue weighted by atomic mass is 10.1. The maximum Gasteiger partial charge on any atom is 0.306 e. The monoisotopic (exact) mass is 332 g/mol. The minimum absolute atomic E-state index is 0.0534. The molecule has 6 heteroatoms. The molecule has 0 radical (unpaired) electrons. The number of benzene rings is 1. The third kappa shape index (κ3) is 4.13. The van der Waals surface area contributed by atoms with Crippen molar-refractivity contribution in [2.45, 2.75) is 38.0 Å². The van der Waals surface area contributed by atoms with Crippen LogP contribution in [0.5, 0.6) is 0 Å². The van der Waals surface area contributed by atoms with Gasteiger partial charge >= 0.3 is 5.97 Å². The number of rotatable bonds is 5. The molecular formula is C18H24N2O4. The van der Waals surface area contributed by atoms with E-state index < -0.39 is 12.1 Å². The third-order valence-electron chi connectivity index (χ3n) is 4.73. The molecule has 0 saturated carbocycles. The van der Waals surface area contributed by atoms with Crippen LogP contribution in [0.4, 0.5) is 0 Å². The first kappa shape index (κ1) is 16.9. The lowest BCUT2D eigenvalue weighted by Gasteiger charge is -2.35. The maximum absolute atomic E-state index is 12.9. The second-order valence-corrected chi connectivity index (χ2v) is 6.49. The van der Waals surface area contributed by atoms with Crippen LogP contribution >= 0.6 is 0 Å². The second-order valence-electron chi connectivity index (χ2n) is 6.49. The van der Waals surface area contributed by atoms with Crippen LogP contribution in [0.3, 0.4) is 0 Å². The number of hydrogen-bond acceptors (Lipinski definition) is 4. The second kappa shape index (κ2) is 7.77. The van der Waals surface area contributed by atoms with E-state index in [0.717, 1.165) is 25.9 Å². The fraction of sp³-hybridized carbons (Fsp3) is 0.556. The minimum atomic E-state index is -0.888. The lowest BCUT2D eigenvalue weighted by molar-refractivity contribution is -0.150. The van der Waals surface area contributed by atoms with Crippen LogP contribution in [-0.4, -0.2) is 65.2 Å². The van der Waals surface area contributed by atoms with E-state index in [0.29, 0.717) is 19.7 Å². The summed E-state index contributed by atoms with van der Waals surface area (Å²) in [4.78, 5) is 27.8. The average molecular weight is 332 g/mol. The minimum Gasteiger partial charge on any atom is -0.481 e. The molecule has 2 fully saturated rings. The molecule has 0 aromatic heterocycles. The highest BCUT2D eigenvalue weighted by Crippen LogP contribution is 2.23. The van der Waals surface area contributed by atoms with Gasteiger partial charge in [-0.25, -0.2) is 0 Å². The van der Waals surface area contributed by atoms with Gasteiger partial charge in [0.2, 0.25) is 5.91 Å². The molecular weight excluding hydrogens is 308 g/mol. The highest BCUT2D eigenvalue weighted by atomic mass is 16.5. The van der Waals surface area contributed by atoms with Crippen molar-refractivity contribution in [1.29, 1.82) is 0 Å². The Kier molecular flexibility index (Phi) is 5.48. The number of likely N-dealkylation sites (tertiary alicyclic amines) is 1. The van der Waals surface area contributed by atoms with Gasteiger partial charge in [0.15, 0.2) is 0 Å². The van der Waals surface area contributed by atoms with Crippen molar-refractivity contribution in [3.05, 3.63) is 35.9 Å². The predicted molar refractivity (Wildman–Crippen MR) is 88.4 cm³/mol. The summed E-state index contributed by atoms with van der Waals surface area (Å²) in [5.74, 6) is -0.775. The molecule has 2 aliphatic heterocycles. The standard InChI is InChI=1S/C18H24N2O4/c21-17(22)11-15-13-20(9-10-24-15)18(23)16-7-4-8-19(16)12-14-5-2-1-3-6-14/h1-3,5-6,15-16H,4,7-13H2,(H,21,22)/t15-,16+/m1/s1. The molecule has 2 heterocycles. The van der Waals surface area contributed by atoms with Crippen LogP contribution in [0.25, 0.3) is 0 Å². The number of hydrogen-bond donors (Lipinski definition) is 1. The molecule has 2 saturated heterocycles. The van der Waals surface area contributed by atoms with E-state index in [-0.39, 0.29) is 18.4 Å². The van der Waals surface area contributed by atoms with Gasteiger partial charge in [0.25, 0.3) is 0 Å². The maximum atomic E-state index is 12.9. The number of carboxylic acids is 1. The first-order valence-electron chi connectivity index (χ1n) is 8.53. The SMILES string of the molecule is O=C(O)C[C@@H]1CN(C(=O)[C@@H]2CCCN2Cc2ccccc2)CCO1. The van der Waals surface area contributed by atoms with E-state index >= 15 is 0 Å². The molecule has 24 heavy (non-hydrogen) atoms. The zero-order valence-electron chi connectivity index (χ0n) is 13.8. The van der Waals surface area contributed by atoms with E-state index in [1.165, 1.54) is 5.56 Å². The highest BCUT2D eigenvalue weighted by molar-refractivity contribution is 5.82. The summed E-state index contributed by atoms with van der Waals surface area (Å²) in [7, 11) is 0. The van der Waals surface area contributed by atoms with E-state index in [1.54, 1.807) is 4.90 Å². The van der Waals surface area contributed by atoms with Crippen LogP contribution in [0.1, 0.15) is 24.8 Å². The molecule has 0 spiro atoms. The molecule has 2 aliphatic rings. The third-order valence-corrected chi connectivity index (χ3v) is 4.73. The van der Waals surface area contributed by atoms with Gasteiger partial charge in [-0.2, -0.15) is 0 Å². The molecule has 1 aromatic rings. The molecule has 3 rings (SSSR count). The summed E-state index contributed by atoms with van der Waals surface area (Å²) in [6.07, 6.45) is 1.44. The Labute approximate surface area is 142 Å². The van der Waals surface area contributed by atoms with Gasteiger partial charge in [0.1, 0.15) is 0 Å². The van der Waals surface area contributed by atoms with Crippen molar-refractivity contribution < 1.29 is 19.4 Å². The summed E-state index contributed by atoms with van der Waals surface area (Å²) in [5.41, 5.74) is 1.21. The Morgan fingerprint density at radius 2 is 2.00 bits per heavy atom. The fourth-order valence-corrected chi connectivity index (χ4v) is 3.56. The van der Waals surface area contributed by atoms with Gasteiger partial charge in [-0.15, -0.1) is 0 Å². The Balaban J connectivity index is 1.61. The summed E-state index contributed by atoms with van der Waals surface area (Å²) in [5, 5.41) is 8.92. The Bertz CT molecular complexity index is 578. The zero-order chi connectivity index (χ0) is 16.9. The van der Waals surface area contributed by atoms with Crippen molar-refractivity contribution in [3.8, 4) is 0 Å². The highest BCUT2D eigenvalue weighted by Gasteiger charge is 2.35. The van der Waals surface area contributed by atoms with Crippen LogP contribution < -0.4 is 0 Å². The summed E-state index contributed by atoms with van der Waals surface area (Å²) < 4.78 is 5.47. The number of amides is 1. The normalized spacial score (nSPS) is 24.9. The predicted octanol–water partition coefficient (Wildman–Crippen LogP) is 1.35. The lowest BCUT2D eigenvalue weighted by Crippen LogP contribution is -2.52. The molecule has 0 unspecified atom stereocenters. The van der Waals surface area contributed by atoms with Crippen LogP contribution in [0.2, 0.25) is 0 Å². The van der Waals surface area contributed by atoms with Crippen LogP contribution in [0.15, 0.2) is 30.3 Å². The van der Waals surface area contributed by atoms with Crippen LogP contribution in [-0.2, 0) is 20.9 Å². The summed E-state index contributed by atoms with van der Waals surface area (Å²) in [6.45, 7) is 3.04. The summed E-state index contributed by atoms with van der Waals surface area (Å²) in [6, 6.07) is 10.1. The first-order chi connectivity index (χ1) is 11.6. The largest absolute Gasteiger partial charge is 0.481 e. The summed E-state index contributed by atoms with van der Waals surface area (Å²) >= 11 is 0. The average Bonchev–Trinajstić information content (AvgIpc) is 3.03. The van der Waals surface area contributed by atoms with Gasteiger partial charge < -0.3 is 14.7 Å². The van der Waals surface area contributed by atoms with Gasteiger partial charge in [-0.05, 0) is 24.9 Å². The van der Waals surface area contributed by atoms with Crippen molar-refractivity contribution in [2.24, 2.45) is 0 Å². The van der Waals surface area contributed by atoms with Crippen molar-refractivity contribution in [3.63, 3.8) is 0 Å². The van der Waals surface area contributed by atoms with Gasteiger partial charge in [0.05, 0.1) is 25.2 Å². The Morgan fingerprint density at radius 1 is 1.21 bits per heavy atom. The number of carbonyl (C=O) groups excluding carboxylic acids is 1. The molecule has 1 amide bonds. The van der Waals surface area contributed by atoms with Crippen molar-refractivity contribution >= 4 is 11.9 Å². The van der Waals surface area contributed by atoms with Crippen molar-refractivity contribution in [1.82, 2.24) is 9.80 Å². The zero-order valence-corrected chi connectivity index (χ0v) is 13.8. The van der Waals surface area contributed by atoms with Crippen LogP contribution in [0, 0.1) is 0 Å². The number of ether oxygens (including phenoxy) is 1. The molecule has 1 N–H and O–H groups in total. The van der Waals surface area contributed by atoms with Gasteiger partial charge in [0, 0.05) is 19.6 Å². The smallest absolute Gasteiger partial charge is 0.306 e. The van der Waals surface area contributed by atoms with E-state index in [4.69, 9.17) is 9.84 Å². The Hall–Kier alpha value is -1.92. The fourth-order valence-electron chi connectivity index (χ4n) is 3.56. The molecule has 0 bridgehead atoms. The molecule has 2 atom stereocenters. The van der Waals surface area contributed by atoms with Gasteiger partial charge in [-0.3, -0.25) is 14.5 Å². The molecule has 1 aromatic carbocycles. The molecule has 130 valence electrons. The number of aliphatic carboxylic acids is 1. The molecule has 6 nitrogen and oxygen atoms in total. The van der Waals surface area contributed by atoms with E-state index in [1.807, 2.05) is 18.2 Å². The quantitative estimate of drug-likeness (QED) is 0.881. The van der Waals surface area contributed by atoms with Gasteiger partial charge in [-0.1, -0.05) is 30.3 Å². The number of morpholine rings is 1. The topological polar surface area (TPSA) is 70.1 Å². The number of carbonyl (C=O) groups is 2. The number of carboxylic acid groups (broad SMARTS) is 1. The first-order valence-corrected chi connectivity index (χ1v) is 8.53. The van der Waals surface area contributed by atoms with E-state index in [9.17, 15) is 9.59 Å². The molecule has 0 aliphatic carbocycles. The van der Waals surface area contributed by atoms with Crippen molar-refractivity contribution in [2.75, 3.05) is 26.2 Å². The Morgan fingerprint density at radius 3 is 2.75 bits per heavy atom.